The van der Waals surface area contributed by atoms with E-state index in [9.17, 15) is 9.90 Å². The second-order valence-corrected chi connectivity index (χ2v) is 5.36. The van der Waals surface area contributed by atoms with Crippen molar-refractivity contribution in [2.75, 3.05) is 13.1 Å². The first-order valence-corrected chi connectivity index (χ1v) is 6.69. The quantitative estimate of drug-likeness (QED) is 0.928. The van der Waals surface area contributed by atoms with Crippen molar-refractivity contribution in [1.82, 2.24) is 4.90 Å². The largest absolute Gasteiger partial charge is 0.507 e. The van der Waals surface area contributed by atoms with Crippen molar-refractivity contribution < 1.29 is 9.90 Å². The molecule has 3 nitrogen and oxygen atoms in total. The highest BCUT2D eigenvalue weighted by Crippen LogP contribution is 2.31. The van der Waals surface area contributed by atoms with Crippen LogP contribution in [-0.4, -0.2) is 29.0 Å². The van der Waals surface area contributed by atoms with E-state index in [4.69, 9.17) is 0 Å². The molecule has 1 aromatic carbocycles. The van der Waals surface area contributed by atoms with Crippen molar-refractivity contribution in [2.24, 2.45) is 5.92 Å². The van der Waals surface area contributed by atoms with E-state index < -0.39 is 0 Å². The third kappa shape index (κ3) is 3.00. The lowest BCUT2D eigenvalue weighted by Gasteiger charge is -2.21. The van der Waals surface area contributed by atoms with E-state index in [1.54, 1.807) is 23.1 Å². The molecule has 1 amide bonds. The third-order valence-electron chi connectivity index (χ3n) is 3.03. The summed E-state index contributed by atoms with van der Waals surface area (Å²) in [6.45, 7) is 3.46. The Morgan fingerprint density at radius 3 is 2.76 bits per heavy atom. The van der Waals surface area contributed by atoms with Gasteiger partial charge in [0, 0.05) is 17.6 Å². The van der Waals surface area contributed by atoms with Crippen LogP contribution in [-0.2, 0) is 0 Å². The number of phenols is 1. The van der Waals surface area contributed by atoms with E-state index in [-0.39, 0.29) is 11.7 Å². The second kappa shape index (κ2) is 5.08. The summed E-state index contributed by atoms with van der Waals surface area (Å²) >= 11 is 3.26. The summed E-state index contributed by atoms with van der Waals surface area (Å²) < 4.78 is 0.775. The molecule has 2 rings (SSSR count). The summed E-state index contributed by atoms with van der Waals surface area (Å²) in [7, 11) is 0. The van der Waals surface area contributed by atoms with Crippen molar-refractivity contribution in [3.05, 3.63) is 28.2 Å². The number of halogens is 1. The molecular weight excluding hydrogens is 282 g/mol. The minimum atomic E-state index is -0.0793. The maximum Gasteiger partial charge on any atom is 0.257 e. The monoisotopic (exact) mass is 297 g/mol. The number of hydrogen-bond acceptors (Lipinski definition) is 2. The normalized spacial score (nSPS) is 14.7. The summed E-state index contributed by atoms with van der Waals surface area (Å²) in [5, 5.41) is 9.78. The summed E-state index contributed by atoms with van der Waals surface area (Å²) in [6, 6.07) is 4.99. The molecule has 0 unspecified atom stereocenters. The predicted molar refractivity (Wildman–Crippen MR) is 70.1 cm³/mol. The molecule has 1 saturated carbocycles. The van der Waals surface area contributed by atoms with Crippen LogP contribution in [0.5, 0.6) is 5.75 Å². The molecule has 0 aromatic heterocycles. The highest BCUT2D eigenvalue weighted by atomic mass is 79.9. The Morgan fingerprint density at radius 1 is 1.53 bits per heavy atom. The van der Waals surface area contributed by atoms with Gasteiger partial charge in [-0.3, -0.25) is 4.79 Å². The van der Waals surface area contributed by atoms with Gasteiger partial charge in [0.2, 0.25) is 0 Å². The lowest BCUT2D eigenvalue weighted by atomic mass is 10.1. The number of carbonyl (C=O) groups is 1. The predicted octanol–water partition coefficient (Wildman–Crippen LogP) is 3.03. The van der Waals surface area contributed by atoms with Gasteiger partial charge in [0.25, 0.3) is 5.91 Å². The molecule has 1 N–H and O–H groups in total. The van der Waals surface area contributed by atoms with Crippen LogP contribution in [0, 0.1) is 5.92 Å². The van der Waals surface area contributed by atoms with Crippen LogP contribution in [0.4, 0.5) is 0 Å². The van der Waals surface area contributed by atoms with E-state index in [1.165, 1.54) is 12.8 Å². The first-order valence-electron chi connectivity index (χ1n) is 5.89. The van der Waals surface area contributed by atoms with E-state index in [0.717, 1.165) is 11.0 Å². The van der Waals surface area contributed by atoms with Crippen LogP contribution in [0.25, 0.3) is 0 Å². The zero-order chi connectivity index (χ0) is 12.4. The summed E-state index contributed by atoms with van der Waals surface area (Å²) in [5.74, 6) is 0.625. The Balaban J connectivity index is 2.15. The number of hydrogen-bond donors (Lipinski definition) is 1. The fourth-order valence-electron chi connectivity index (χ4n) is 1.82. The summed E-state index contributed by atoms with van der Waals surface area (Å²) in [6.07, 6.45) is 2.44. The van der Waals surface area contributed by atoms with E-state index in [0.29, 0.717) is 18.0 Å². The molecule has 0 spiro atoms. The van der Waals surface area contributed by atoms with E-state index in [1.807, 2.05) is 6.92 Å². The molecule has 1 fully saturated rings. The van der Waals surface area contributed by atoms with Crippen molar-refractivity contribution in [3.8, 4) is 5.75 Å². The Hall–Kier alpha value is -1.03. The average molecular weight is 298 g/mol. The van der Waals surface area contributed by atoms with E-state index in [2.05, 4.69) is 15.9 Å². The number of benzene rings is 1. The first kappa shape index (κ1) is 12.4. The van der Waals surface area contributed by atoms with Crippen LogP contribution in [0.1, 0.15) is 30.1 Å². The van der Waals surface area contributed by atoms with Gasteiger partial charge in [0.1, 0.15) is 5.75 Å². The lowest BCUT2D eigenvalue weighted by Crippen LogP contribution is -2.32. The highest BCUT2D eigenvalue weighted by molar-refractivity contribution is 9.10. The number of aromatic hydroxyl groups is 1. The molecule has 0 bridgehead atoms. The number of amides is 1. The number of nitrogens with zero attached hydrogens (tertiary/aromatic N) is 1. The molecule has 0 saturated heterocycles. The van der Waals surface area contributed by atoms with Gasteiger partial charge >= 0.3 is 0 Å². The van der Waals surface area contributed by atoms with Crippen LogP contribution < -0.4 is 0 Å². The topological polar surface area (TPSA) is 40.5 Å². The number of rotatable bonds is 4. The van der Waals surface area contributed by atoms with Crippen molar-refractivity contribution >= 4 is 21.8 Å². The molecule has 4 heteroatoms. The van der Waals surface area contributed by atoms with Crippen LogP contribution in [0.2, 0.25) is 0 Å². The van der Waals surface area contributed by atoms with Gasteiger partial charge in [0.15, 0.2) is 0 Å². The Bertz CT molecular complexity index is 429. The number of phenolic OH excluding ortho intramolecular Hbond substituents is 1. The SMILES string of the molecule is CCN(CC1CC1)C(=O)c1ccc(Br)cc1O. The lowest BCUT2D eigenvalue weighted by molar-refractivity contribution is 0.0754. The highest BCUT2D eigenvalue weighted by Gasteiger charge is 2.27. The molecule has 0 radical (unpaired) electrons. The van der Waals surface area contributed by atoms with Gasteiger partial charge in [-0.05, 0) is 43.9 Å². The van der Waals surface area contributed by atoms with Crippen molar-refractivity contribution in [2.45, 2.75) is 19.8 Å². The smallest absolute Gasteiger partial charge is 0.257 e. The van der Waals surface area contributed by atoms with Gasteiger partial charge in [-0.15, -0.1) is 0 Å². The Morgan fingerprint density at radius 2 is 2.24 bits per heavy atom. The molecule has 0 heterocycles. The zero-order valence-electron chi connectivity index (χ0n) is 9.82. The summed E-state index contributed by atoms with van der Waals surface area (Å²) in [5.41, 5.74) is 0.385. The maximum atomic E-state index is 12.2. The molecular formula is C13H16BrNO2. The first-order chi connectivity index (χ1) is 8.11. The Kier molecular flexibility index (Phi) is 3.72. The van der Waals surface area contributed by atoms with Gasteiger partial charge in [0.05, 0.1) is 5.56 Å². The molecule has 1 aliphatic rings. The molecule has 92 valence electrons. The minimum Gasteiger partial charge on any atom is -0.507 e. The van der Waals surface area contributed by atoms with Gasteiger partial charge in [-0.25, -0.2) is 0 Å². The molecule has 17 heavy (non-hydrogen) atoms. The molecule has 0 aliphatic heterocycles. The Labute approximate surface area is 110 Å². The fraction of sp³-hybridized carbons (Fsp3) is 0.462. The van der Waals surface area contributed by atoms with Gasteiger partial charge in [-0.1, -0.05) is 15.9 Å². The molecule has 0 atom stereocenters. The van der Waals surface area contributed by atoms with Crippen LogP contribution in [0.3, 0.4) is 0 Å². The van der Waals surface area contributed by atoms with Crippen molar-refractivity contribution in [1.29, 1.82) is 0 Å². The minimum absolute atomic E-state index is 0.0404. The standard InChI is InChI=1S/C13H16BrNO2/c1-2-15(8-9-3-4-9)13(17)11-6-5-10(14)7-12(11)16/h5-7,9,16H,2-4,8H2,1H3. The molecule has 1 aromatic rings. The molecule has 1 aliphatic carbocycles. The number of carbonyl (C=O) groups excluding carboxylic acids is 1. The average Bonchev–Trinajstić information content (AvgIpc) is 3.09. The fourth-order valence-corrected chi connectivity index (χ4v) is 2.17. The van der Waals surface area contributed by atoms with Crippen molar-refractivity contribution in [3.63, 3.8) is 0 Å². The van der Waals surface area contributed by atoms with E-state index >= 15 is 0 Å². The second-order valence-electron chi connectivity index (χ2n) is 4.45. The zero-order valence-corrected chi connectivity index (χ0v) is 11.4. The van der Waals surface area contributed by atoms with Crippen LogP contribution in [0.15, 0.2) is 22.7 Å². The summed E-state index contributed by atoms with van der Waals surface area (Å²) in [4.78, 5) is 14.0. The van der Waals surface area contributed by atoms with Gasteiger partial charge < -0.3 is 10.0 Å². The third-order valence-corrected chi connectivity index (χ3v) is 3.53. The van der Waals surface area contributed by atoms with Crippen LogP contribution >= 0.6 is 15.9 Å². The maximum absolute atomic E-state index is 12.2. The van der Waals surface area contributed by atoms with Gasteiger partial charge in [-0.2, -0.15) is 0 Å².